The largest absolute Gasteiger partial charge is 0.394 e. The molecule has 2 N–H and O–H groups in total. The van der Waals surface area contributed by atoms with Gasteiger partial charge in [0.15, 0.2) is 0 Å². The van der Waals surface area contributed by atoms with Gasteiger partial charge in [-0.2, -0.15) is 5.10 Å². The number of ether oxygens (including phenoxy) is 1. The summed E-state index contributed by atoms with van der Waals surface area (Å²) in [6.45, 7) is 6.87. The summed E-state index contributed by atoms with van der Waals surface area (Å²) in [6, 6.07) is 0. The van der Waals surface area contributed by atoms with Gasteiger partial charge in [-0.15, -0.1) is 10.2 Å². The molecule has 2 saturated heterocycles. The van der Waals surface area contributed by atoms with E-state index in [0.717, 1.165) is 68.5 Å². The molecule has 2 aromatic heterocycles. The molecule has 0 amide bonds. The number of aryl methyl sites for hydroxylation is 2. The van der Waals surface area contributed by atoms with Gasteiger partial charge in [-0.3, -0.25) is 5.10 Å². The van der Waals surface area contributed by atoms with Gasteiger partial charge in [0.1, 0.15) is 5.82 Å². The van der Waals surface area contributed by atoms with Crippen LogP contribution in [0.1, 0.15) is 42.0 Å². The smallest absolute Gasteiger partial charge is 0.226 e. The number of H-pyrrole nitrogens is 1. The van der Waals surface area contributed by atoms with Gasteiger partial charge in [0.2, 0.25) is 5.95 Å². The fraction of sp³-hybridized carbons (Fsp3) is 0.722. The van der Waals surface area contributed by atoms with Crippen molar-refractivity contribution in [2.75, 3.05) is 31.2 Å². The third-order valence-electron chi connectivity index (χ3n) is 6.15. The molecule has 142 valence electrons. The average Bonchev–Trinajstić information content (AvgIpc) is 3.31. The highest BCUT2D eigenvalue weighted by Gasteiger charge is 2.42. The molecule has 8 heteroatoms. The topological polar surface area (TPSA) is 92.1 Å². The average molecular weight is 360 g/mol. The first-order chi connectivity index (χ1) is 12.5. The van der Waals surface area contributed by atoms with Crippen LogP contribution in [-0.4, -0.2) is 62.5 Å². The normalized spacial score (nSPS) is 22.5. The Morgan fingerprint density at radius 1 is 1.27 bits per heavy atom. The number of hydrogen-bond acceptors (Lipinski definition) is 6. The van der Waals surface area contributed by atoms with Crippen molar-refractivity contribution < 1.29 is 9.84 Å². The molecule has 2 fully saturated rings. The molecular formula is C18H28N6O2. The van der Waals surface area contributed by atoms with E-state index in [1.54, 1.807) is 0 Å². The number of piperidine rings is 1. The molecule has 1 unspecified atom stereocenters. The lowest BCUT2D eigenvalue weighted by Gasteiger charge is -2.38. The fourth-order valence-corrected chi connectivity index (χ4v) is 4.32. The Kier molecular flexibility index (Phi) is 4.48. The quantitative estimate of drug-likeness (QED) is 0.849. The predicted octanol–water partition coefficient (Wildman–Crippen LogP) is 1.11. The highest BCUT2D eigenvalue weighted by molar-refractivity contribution is 5.34. The van der Waals surface area contributed by atoms with Gasteiger partial charge >= 0.3 is 0 Å². The summed E-state index contributed by atoms with van der Waals surface area (Å²) in [7, 11) is 2.04. The number of aromatic amines is 1. The second-order valence-electron chi connectivity index (χ2n) is 7.87. The fourth-order valence-electron chi connectivity index (χ4n) is 4.32. The van der Waals surface area contributed by atoms with Gasteiger partial charge in [0.05, 0.1) is 25.0 Å². The van der Waals surface area contributed by atoms with Gasteiger partial charge in [-0.1, -0.05) is 0 Å². The van der Waals surface area contributed by atoms with Gasteiger partial charge in [0, 0.05) is 37.8 Å². The van der Waals surface area contributed by atoms with Gasteiger partial charge in [-0.05, 0) is 38.5 Å². The number of nitrogens with zero attached hydrogens (tertiary/aromatic N) is 5. The van der Waals surface area contributed by atoms with E-state index in [0.29, 0.717) is 0 Å². The number of aliphatic hydroxyl groups is 1. The minimum absolute atomic E-state index is 0.0180. The van der Waals surface area contributed by atoms with Crippen LogP contribution in [0.15, 0.2) is 0 Å². The van der Waals surface area contributed by atoms with Crippen molar-refractivity contribution in [1.29, 1.82) is 0 Å². The van der Waals surface area contributed by atoms with E-state index in [1.807, 2.05) is 20.9 Å². The molecule has 1 spiro atoms. The Balaban J connectivity index is 1.44. The van der Waals surface area contributed by atoms with Crippen LogP contribution in [0.4, 0.5) is 5.95 Å². The van der Waals surface area contributed by atoms with Crippen LogP contribution >= 0.6 is 0 Å². The zero-order valence-electron chi connectivity index (χ0n) is 15.8. The summed E-state index contributed by atoms with van der Waals surface area (Å²) in [5, 5.41) is 25.5. The molecule has 0 aliphatic carbocycles. The Hall–Kier alpha value is -1.93. The molecule has 2 aromatic rings. The Morgan fingerprint density at radius 3 is 2.65 bits per heavy atom. The number of rotatable bonds is 4. The van der Waals surface area contributed by atoms with Crippen LogP contribution in [0.25, 0.3) is 0 Å². The Morgan fingerprint density at radius 2 is 2.04 bits per heavy atom. The monoisotopic (exact) mass is 360 g/mol. The SMILES string of the molecule is Cc1n[nH]c(C)c1Cc1nnc(N2CCC3(CC2)COC(CO)C3)n1C. The number of aliphatic hydroxyl groups excluding tert-OH is 1. The van der Waals surface area contributed by atoms with E-state index in [4.69, 9.17) is 4.74 Å². The number of hydrogen-bond donors (Lipinski definition) is 2. The molecular weight excluding hydrogens is 332 g/mol. The standard InChI is InChI=1S/C18H28N6O2/c1-12-15(13(2)20-19-12)8-16-21-22-17(23(16)3)24-6-4-18(5-7-24)9-14(10-25)26-11-18/h14,25H,4-11H2,1-3H3,(H,19,20). The van der Waals surface area contributed by atoms with Crippen LogP contribution in [-0.2, 0) is 18.2 Å². The highest BCUT2D eigenvalue weighted by Crippen LogP contribution is 2.42. The van der Waals surface area contributed by atoms with E-state index in [-0.39, 0.29) is 18.1 Å². The van der Waals surface area contributed by atoms with E-state index >= 15 is 0 Å². The van der Waals surface area contributed by atoms with Gasteiger partial charge < -0.3 is 19.3 Å². The van der Waals surface area contributed by atoms with E-state index < -0.39 is 0 Å². The maximum atomic E-state index is 9.33. The molecule has 0 saturated carbocycles. The zero-order valence-corrected chi connectivity index (χ0v) is 15.8. The molecule has 8 nitrogen and oxygen atoms in total. The van der Waals surface area contributed by atoms with Crippen LogP contribution in [0.5, 0.6) is 0 Å². The minimum atomic E-state index is 0.0180. The molecule has 4 rings (SSSR count). The maximum Gasteiger partial charge on any atom is 0.226 e. The predicted molar refractivity (Wildman–Crippen MR) is 97.2 cm³/mol. The number of anilines is 1. The van der Waals surface area contributed by atoms with E-state index in [9.17, 15) is 5.11 Å². The molecule has 26 heavy (non-hydrogen) atoms. The van der Waals surface area contributed by atoms with Crippen molar-refractivity contribution >= 4 is 5.95 Å². The van der Waals surface area contributed by atoms with Crippen LogP contribution in [0.2, 0.25) is 0 Å². The van der Waals surface area contributed by atoms with Gasteiger partial charge in [0.25, 0.3) is 0 Å². The summed E-state index contributed by atoms with van der Waals surface area (Å²) in [5.41, 5.74) is 3.54. The first kappa shape index (κ1) is 17.5. The molecule has 2 aliphatic heterocycles. The van der Waals surface area contributed by atoms with E-state index in [2.05, 4.69) is 29.9 Å². The lowest BCUT2D eigenvalue weighted by Crippen LogP contribution is -2.41. The summed E-state index contributed by atoms with van der Waals surface area (Å²) in [4.78, 5) is 2.32. The Labute approximate surface area is 153 Å². The van der Waals surface area contributed by atoms with Crippen molar-refractivity contribution in [2.24, 2.45) is 12.5 Å². The molecule has 1 atom stereocenters. The van der Waals surface area contributed by atoms with Crippen molar-refractivity contribution in [3.63, 3.8) is 0 Å². The summed E-state index contributed by atoms with van der Waals surface area (Å²) >= 11 is 0. The first-order valence-electron chi connectivity index (χ1n) is 9.37. The van der Waals surface area contributed by atoms with Crippen molar-refractivity contribution in [3.05, 3.63) is 22.8 Å². The van der Waals surface area contributed by atoms with Crippen molar-refractivity contribution in [1.82, 2.24) is 25.0 Å². The molecule has 0 radical (unpaired) electrons. The maximum absolute atomic E-state index is 9.33. The first-order valence-corrected chi connectivity index (χ1v) is 9.37. The van der Waals surface area contributed by atoms with E-state index in [1.165, 1.54) is 5.56 Å². The highest BCUT2D eigenvalue weighted by atomic mass is 16.5. The zero-order chi connectivity index (χ0) is 18.3. The van der Waals surface area contributed by atoms with Crippen molar-refractivity contribution in [2.45, 2.75) is 45.6 Å². The summed E-state index contributed by atoms with van der Waals surface area (Å²) in [6.07, 6.45) is 3.88. The minimum Gasteiger partial charge on any atom is -0.394 e. The Bertz CT molecular complexity index is 755. The lowest BCUT2D eigenvalue weighted by atomic mass is 9.77. The number of aromatic nitrogens is 5. The molecule has 2 aliphatic rings. The van der Waals surface area contributed by atoms with Gasteiger partial charge in [-0.25, -0.2) is 0 Å². The molecule has 0 aromatic carbocycles. The summed E-state index contributed by atoms with van der Waals surface area (Å²) in [5.74, 6) is 1.89. The lowest BCUT2D eigenvalue weighted by molar-refractivity contribution is 0.0505. The third kappa shape index (κ3) is 3.01. The third-order valence-corrected chi connectivity index (χ3v) is 6.15. The molecule has 0 bridgehead atoms. The van der Waals surface area contributed by atoms with Crippen molar-refractivity contribution in [3.8, 4) is 0 Å². The molecule has 4 heterocycles. The second-order valence-corrected chi connectivity index (χ2v) is 7.87. The van der Waals surface area contributed by atoms with Crippen LogP contribution in [0, 0.1) is 19.3 Å². The van der Waals surface area contributed by atoms with Crippen LogP contribution in [0.3, 0.4) is 0 Å². The summed E-state index contributed by atoms with van der Waals surface area (Å²) < 4.78 is 7.84. The second kappa shape index (κ2) is 6.66. The van der Waals surface area contributed by atoms with Crippen LogP contribution < -0.4 is 4.90 Å². The number of nitrogens with one attached hydrogen (secondary N) is 1.